The predicted octanol–water partition coefficient (Wildman–Crippen LogP) is 4.12. The average Bonchev–Trinajstić information content (AvgIpc) is 2.67. The van der Waals surface area contributed by atoms with Gasteiger partial charge < -0.3 is 5.32 Å². The van der Waals surface area contributed by atoms with Crippen LogP contribution < -0.4 is 10.9 Å². The average molecular weight is 361 g/mol. The van der Waals surface area contributed by atoms with Gasteiger partial charge in [0.15, 0.2) is 0 Å². The Bertz CT molecular complexity index is 1010. The van der Waals surface area contributed by atoms with Crippen LogP contribution in [-0.4, -0.2) is 15.7 Å². The molecular weight excluding hydrogens is 338 g/mol. The van der Waals surface area contributed by atoms with Gasteiger partial charge in [0.05, 0.1) is 5.69 Å². The monoisotopic (exact) mass is 361 g/mol. The first-order valence-electron chi connectivity index (χ1n) is 9.03. The van der Waals surface area contributed by atoms with E-state index in [2.05, 4.69) is 10.4 Å². The first-order valence-corrected chi connectivity index (χ1v) is 9.03. The first kappa shape index (κ1) is 18.6. The molecular formula is C22H23N3O2. The van der Waals surface area contributed by atoms with Crippen LogP contribution in [0.1, 0.15) is 30.5 Å². The summed E-state index contributed by atoms with van der Waals surface area (Å²) in [6.07, 6.45) is 0.460. The summed E-state index contributed by atoms with van der Waals surface area (Å²) in [7, 11) is 0. The molecule has 0 fully saturated rings. The molecule has 0 unspecified atom stereocenters. The third-order valence-corrected chi connectivity index (χ3v) is 4.52. The maximum absolute atomic E-state index is 12.9. The summed E-state index contributed by atoms with van der Waals surface area (Å²) in [5.41, 5.74) is 4.13. The second kappa shape index (κ2) is 7.99. The fraction of sp³-hybridized carbons (Fsp3) is 0.227. The van der Waals surface area contributed by atoms with Crippen LogP contribution in [-0.2, 0) is 4.79 Å². The lowest BCUT2D eigenvalue weighted by Crippen LogP contribution is -2.34. The van der Waals surface area contributed by atoms with Crippen molar-refractivity contribution in [1.82, 2.24) is 9.78 Å². The van der Waals surface area contributed by atoms with E-state index in [1.54, 1.807) is 6.07 Å². The molecule has 1 heterocycles. The number of aromatic nitrogens is 2. The van der Waals surface area contributed by atoms with Crippen molar-refractivity contribution in [2.24, 2.45) is 0 Å². The normalized spacial score (nSPS) is 11.8. The molecule has 0 aliphatic carbocycles. The van der Waals surface area contributed by atoms with Crippen LogP contribution in [0.4, 0.5) is 5.69 Å². The summed E-state index contributed by atoms with van der Waals surface area (Å²) in [5, 5.41) is 7.39. The topological polar surface area (TPSA) is 64.0 Å². The maximum atomic E-state index is 12.9. The van der Waals surface area contributed by atoms with E-state index in [4.69, 9.17) is 0 Å². The number of benzene rings is 2. The Morgan fingerprint density at radius 2 is 1.81 bits per heavy atom. The second-order valence-corrected chi connectivity index (χ2v) is 6.60. The standard InChI is InChI=1S/C22H23N3O2/c1-4-20(22(27)23-18-11-10-15(2)14-16(18)3)25-21(26)13-12-19(24-25)17-8-6-5-7-9-17/h5-14,20H,4H2,1-3H3,(H,23,27)/t20-/m0/s1. The molecule has 3 rings (SSSR count). The molecule has 0 saturated heterocycles. The van der Waals surface area contributed by atoms with Crippen LogP contribution in [0, 0.1) is 13.8 Å². The van der Waals surface area contributed by atoms with Crippen LogP contribution in [0.3, 0.4) is 0 Å². The van der Waals surface area contributed by atoms with Crippen molar-refractivity contribution in [2.75, 3.05) is 5.32 Å². The molecule has 1 atom stereocenters. The lowest BCUT2D eigenvalue weighted by molar-refractivity contribution is -0.119. The Hall–Kier alpha value is -3.21. The van der Waals surface area contributed by atoms with Gasteiger partial charge in [-0.25, -0.2) is 4.68 Å². The highest BCUT2D eigenvalue weighted by Gasteiger charge is 2.22. The minimum Gasteiger partial charge on any atom is -0.324 e. The molecule has 0 spiro atoms. The van der Waals surface area contributed by atoms with Gasteiger partial charge in [-0.1, -0.05) is 55.0 Å². The number of anilines is 1. The highest BCUT2D eigenvalue weighted by atomic mass is 16.2. The molecule has 1 N–H and O–H groups in total. The van der Waals surface area contributed by atoms with E-state index in [0.29, 0.717) is 12.1 Å². The Morgan fingerprint density at radius 1 is 1.07 bits per heavy atom. The molecule has 0 saturated carbocycles. The molecule has 0 radical (unpaired) electrons. The van der Waals surface area contributed by atoms with Crippen molar-refractivity contribution < 1.29 is 4.79 Å². The van der Waals surface area contributed by atoms with E-state index in [1.807, 2.05) is 69.3 Å². The molecule has 5 nitrogen and oxygen atoms in total. The van der Waals surface area contributed by atoms with Crippen LogP contribution in [0.15, 0.2) is 65.5 Å². The van der Waals surface area contributed by atoms with Gasteiger partial charge in [0.25, 0.3) is 5.56 Å². The van der Waals surface area contributed by atoms with Crippen molar-refractivity contribution in [3.63, 3.8) is 0 Å². The number of nitrogens with one attached hydrogen (secondary N) is 1. The number of hydrogen-bond donors (Lipinski definition) is 1. The fourth-order valence-electron chi connectivity index (χ4n) is 3.05. The van der Waals surface area contributed by atoms with Crippen LogP contribution in [0.2, 0.25) is 0 Å². The van der Waals surface area contributed by atoms with Crippen LogP contribution >= 0.6 is 0 Å². The molecule has 138 valence electrons. The molecule has 1 aromatic heterocycles. The number of carbonyl (C=O) groups is 1. The molecule has 0 aliphatic heterocycles. The maximum Gasteiger partial charge on any atom is 0.267 e. The van der Waals surface area contributed by atoms with Crippen molar-refractivity contribution in [1.29, 1.82) is 0 Å². The van der Waals surface area contributed by atoms with Gasteiger partial charge in [0, 0.05) is 17.3 Å². The zero-order valence-corrected chi connectivity index (χ0v) is 15.8. The van der Waals surface area contributed by atoms with Crippen molar-refractivity contribution in [3.05, 3.63) is 82.1 Å². The van der Waals surface area contributed by atoms with Crippen molar-refractivity contribution in [3.8, 4) is 11.3 Å². The Kier molecular flexibility index (Phi) is 5.50. The number of rotatable bonds is 5. The molecule has 0 bridgehead atoms. The summed E-state index contributed by atoms with van der Waals surface area (Å²) in [5.74, 6) is -0.246. The van der Waals surface area contributed by atoms with E-state index in [-0.39, 0.29) is 11.5 Å². The fourth-order valence-corrected chi connectivity index (χ4v) is 3.05. The number of carbonyl (C=O) groups excluding carboxylic acids is 1. The third-order valence-electron chi connectivity index (χ3n) is 4.52. The number of nitrogens with zero attached hydrogens (tertiary/aromatic N) is 2. The number of amides is 1. The molecule has 2 aromatic carbocycles. The third kappa shape index (κ3) is 4.14. The Morgan fingerprint density at radius 3 is 2.48 bits per heavy atom. The summed E-state index contributed by atoms with van der Waals surface area (Å²) in [4.78, 5) is 25.3. The van der Waals surface area contributed by atoms with E-state index >= 15 is 0 Å². The lowest BCUT2D eigenvalue weighted by atomic mass is 10.1. The van der Waals surface area contributed by atoms with E-state index < -0.39 is 6.04 Å². The quantitative estimate of drug-likeness (QED) is 0.743. The molecule has 5 heteroatoms. The van der Waals surface area contributed by atoms with E-state index in [1.165, 1.54) is 10.7 Å². The SMILES string of the molecule is CC[C@@H](C(=O)Nc1ccc(C)cc1C)n1nc(-c2ccccc2)ccc1=O. The van der Waals surface area contributed by atoms with Crippen LogP contribution in [0.5, 0.6) is 0 Å². The zero-order chi connectivity index (χ0) is 19.4. The summed E-state index contributed by atoms with van der Waals surface area (Å²) in [6, 6.07) is 17.9. The van der Waals surface area contributed by atoms with E-state index in [9.17, 15) is 9.59 Å². The van der Waals surface area contributed by atoms with Gasteiger partial charge in [0.1, 0.15) is 6.04 Å². The lowest BCUT2D eigenvalue weighted by Gasteiger charge is -2.18. The second-order valence-electron chi connectivity index (χ2n) is 6.60. The summed E-state index contributed by atoms with van der Waals surface area (Å²) in [6.45, 7) is 5.82. The largest absolute Gasteiger partial charge is 0.324 e. The summed E-state index contributed by atoms with van der Waals surface area (Å²) >= 11 is 0. The van der Waals surface area contributed by atoms with Gasteiger partial charge in [-0.05, 0) is 38.0 Å². The number of aryl methyl sites for hydroxylation is 2. The Labute approximate surface area is 158 Å². The minimum absolute atomic E-state index is 0.246. The highest BCUT2D eigenvalue weighted by molar-refractivity contribution is 5.94. The van der Waals surface area contributed by atoms with Gasteiger partial charge in [-0.3, -0.25) is 9.59 Å². The van der Waals surface area contributed by atoms with Crippen LogP contribution in [0.25, 0.3) is 11.3 Å². The molecule has 0 aliphatic rings. The number of hydrogen-bond acceptors (Lipinski definition) is 3. The highest BCUT2D eigenvalue weighted by Crippen LogP contribution is 2.20. The van der Waals surface area contributed by atoms with Gasteiger partial charge in [-0.15, -0.1) is 0 Å². The molecule has 1 amide bonds. The van der Waals surface area contributed by atoms with Crippen molar-refractivity contribution in [2.45, 2.75) is 33.2 Å². The first-order chi connectivity index (χ1) is 13.0. The van der Waals surface area contributed by atoms with Gasteiger partial charge in [0.2, 0.25) is 5.91 Å². The molecule has 3 aromatic rings. The van der Waals surface area contributed by atoms with Gasteiger partial charge >= 0.3 is 0 Å². The van der Waals surface area contributed by atoms with Gasteiger partial charge in [-0.2, -0.15) is 5.10 Å². The van der Waals surface area contributed by atoms with E-state index in [0.717, 1.165) is 22.4 Å². The zero-order valence-electron chi connectivity index (χ0n) is 15.8. The predicted molar refractivity (Wildman–Crippen MR) is 108 cm³/mol. The Balaban J connectivity index is 1.92. The minimum atomic E-state index is -0.679. The smallest absolute Gasteiger partial charge is 0.267 e. The summed E-state index contributed by atoms with van der Waals surface area (Å²) < 4.78 is 1.28. The molecule has 27 heavy (non-hydrogen) atoms. The van der Waals surface area contributed by atoms with Crippen molar-refractivity contribution >= 4 is 11.6 Å².